The molecule has 0 spiro atoms. The number of benzene rings is 2. The van der Waals surface area contributed by atoms with Crippen molar-refractivity contribution in [1.82, 2.24) is 0 Å². The average molecular weight is 286 g/mol. The largest absolute Gasteiger partial charge is 0.444 e. The molecule has 2 rings (SSSR count). The van der Waals surface area contributed by atoms with Gasteiger partial charge in [-0.1, -0.05) is 42.5 Å². The molecule has 1 amide bonds. The molecule has 2 aromatic carbocycles. The van der Waals surface area contributed by atoms with Crippen molar-refractivity contribution < 1.29 is 14.5 Å². The van der Waals surface area contributed by atoms with Crippen LogP contribution in [0.1, 0.15) is 11.1 Å². The molecule has 0 aliphatic heterocycles. The highest BCUT2D eigenvalue weighted by molar-refractivity contribution is 5.88. The van der Waals surface area contributed by atoms with Crippen molar-refractivity contribution in [2.75, 3.05) is 5.32 Å². The van der Waals surface area contributed by atoms with Crippen LogP contribution < -0.4 is 5.32 Å². The molecule has 0 saturated heterocycles. The molecule has 21 heavy (non-hydrogen) atoms. The number of nitrogens with zero attached hydrogens (tertiary/aromatic N) is 1. The second-order valence-electron chi connectivity index (χ2n) is 4.41. The molecule has 0 saturated carbocycles. The summed E-state index contributed by atoms with van der Waals surface area (Å²) in [6, 6.07) is 13.9. The topological polar surface area (TPSA) is 81.5 Å². The van der Waals surface area contributed by atoms with Gasteiger partial charge < -0.3 is 4.74 Å². The maximum atomic E-state index is 11.7. The van der Waals surface area contributed by atoms with Crippen molar-refractivity contribution in [3.05, 3.63) is 69.8 Å². The number of carbonyl (C=O) groups excluding carboxylic acids is 1. The number of para-hydroxylation sites is 1. The van der Waals surface area contributed by atoms with E-state index >= 15 is 0 Å². The smallest absolute Gasteiger partial charge is 0.412 e. The molecule has 0 aliphatic rings. The van der Waals surface area contributed by atoms with Crippen molar-refractivity contribution in [3.8, 4) is 0 Å². The van der Waals surface area contributed by atoms with Gasteiger partial charge in [0.1, 0.15) is 12.3 Å². The van der Waals surface area contributed by atoms with Gasteiger partial charge >= 0.3 is 6.09 Å². The van der Waals surface area contributed by atoms with E-state index in [1.165, 1.54) is 6.07 Å². The number of nitrogens with one attached hydrogen (secondary N) is 1. The second kappa shape index (κ2) is 6.51. The van der Waals surface area contributed by atoms with E-state index in [1.807, 2.05) is 30.3 Å². The van der Waals surface area contributed by atoms with Crippen LogP contribution in [0.4, 0.5) is 16.2 Å². The number of ether oxygens (including phenoxy) is 1. The summed E-state index contributed by atoms with van der Waals surface area (Å²) in [7, 11) is 0. The van der Waals surface area contributed by atoms with Crippen molar-refractivity contribution in [3.63, 3.8) is 0 Å². The predicted octanol–water partition coefficient (Wildman–Crippen LogP) is 3.65. The SMILES string of the molecule is Cc1cccc(NC(=O)OCc2ccccc2)c1[N+](=O)[O-]. The molecule has 6 nitrogen and oxygen atoms in total. The number of nitro groups is 1. The number of hydrogen-bond donors (Lipinski definition) is 1. The van der Waals surface area contributed by atoms with Gasteiger partial charge in [-0.05, 0) is 18.6 Å². The van der Waals surface area contributed by atoms with E-state index in [9.17, 15) is 14.9 Å². The van der Waals surface area contributed by atoms with Crippen molar-refractivity contribution >= 4 is 17.5 Å². The molecule has 6 heteroatoms. The maximum absolute atomic E-state index is 11.7. The van der Waals surface area contributed by atoms with E-state index in [0.29, 0.717) is 5.56 Å². The van der Waals surface area contributed by atoms with Gasteiger partial charge in [0.2, 0.25) is 0 Å². The number of nitro benzene ring substituents is 1. The molecule has 0 bridgehead atoms. The Morgan fingerprint density at radius 2 is 1.90 bits per heavy atom. The lowest BCUT2D eigenvalue weighted by atomic mass is 10.2. The van der Waals surface area contributed by atoms with Crippen LogP contribution in [-0.4, -0.2) is 11.0 Å². The van der Waals surface area contributed by atoms with E-state index in [2.05, 4.69) is 5.32 Å². The molecule has 0 radical (unpaired) electrons. The van der Waals surface area contributed by atoms with Crippen molar-refractivity contribution in [2.45, 2.75) is 13.5 Å². The minimum absolute atomic E-state index is 0.103. The van der Waals surface area contributed by atoms with Gasteiger partial charge in [-0.2, -0.15) is 0 Å². The Bertz CT molecular complexity index is 656. The molecular weight excluding hydrogens is 272 g/mol. The van der Waals surface area contributed by atoms with Crippen LogP contribution in [0, 0.1) is 17.0 Å². The second-order valence-corrected chi connectivity index (χ2v) is 4.41. The van der Waals surface area contributed by atoms with Crippen LogP contribution in [0.2, 0.25) is 0 Å². The zero-order chi connectivity index (χ0) is 15.2. The predicted molar refractivity (Wildman–Crippen MR) is 78.1 cm³/mol. The fraction of sp³-hybridized carbons (Fsp3) is 0.133. The third-order valence-corrected chi connectivity index (χ3v) is 2.87. The summed E-state index contributed by atoms with van der Waals surface area (Å²) in [5.74, 6) is 0. The van der Waals surface area contributed by atoms with Gasteiger partial charge in [0.15, 0.2) is 0 Å². The Morgan fingerprint density at radius 3 is 2.57 bits per heavy atom. The highest BCUT2D eigenvalue weighted by Gasteiger charge is 2.18. The number of hydrogen-bond acceptors (Lipinski definition) is 4. The lowest BCUT2D eigenvalue weighted by molar-refractivity contribution is -0.384. The Labute approximate surface area is 121 Å². The third-order valence-electron chi connectivity index (χ3n) is 2.87. The van der Waals surface area contributed by atoms with E-state index < -0.39 is 11.0 Å². The summed E-state index contributed by atoms with van der Waals surface area (Å²) < 4.78 is 5.03. The monoisotopic (exact) mass is 286 g/mol. The zero-order valence-electron chi connectivity index (χ0n) is 11.4. The van der Waals surface area contributed by atoms with Crippen molar-refractivity contribution in [2.24, 2.45) is 0 Å². The minimum Gasteiger partial charge on any atom is -0.444 e. The fourth-order valence-corrected chi connectivity index (χ4v) is 1.87. The highest BCUT2D eigenvalue weighted by Crippen LogP contribution is 2.27. The molecule has 2 aromatic rings. The molecular formula is C15H14N2O4. The first-order valence-corrected chi connectivity index (χ1v) is 6.29. The number of anilines is 1. The molecule has 0 aromatic heterocycles. The Balaban J connectivity index is 2.03. The van der Waals surface area contributed by atoms with E-state index in [-0.39, 0.29) is 18.0 Å². The molecule has 0 atom stereocenters. The van der Waals surface area contributed by atoms with Crippen LogP contribution in [0.25, 0.3) is 0 Å². The summed E-state index contributed by atoms with van der Waals surface area (Å²) >= 11 is 0. The fourth-order valence-electron chi connectivity index (χ4n) is 1.87. The zero-order valence-corrected chi connectivity index (χ0v) is 11.4. The van der Waals surface area contributed by atoms with Crippen LogP contribution in [-0.2, 0) is 11.3 Å². The summed E-state index contributed by atoms with van der Waals surface area (Å²) in [5.41, 5.74) is 1.31. The van der Waals surface area contributed by atoms with Gasteiger partial charge in [-0.15, -0.1) is 0 Å². The average Bonchev–Trinajstić information content (AvgIpc) is 2.46. The van der Waals surface area contributed by atoms with Crippen LogP contribution in [0.5, 0.6) is 0 Å². The van der Waals surface area contributed by atoms with Crippen LogP contribution >= 0.6 is 0 Å². The first-order valence-electron chi connectivity index (χ1n) is 6.29. The molecule has 108 valence electrons. The summed E-state index contributed by atoms with van der Waals surface area (Å²) in [5, 5.41) is 13.4. The molecule has 1 N–H and O–H groups in total. The first-order chi connectivity index (χ1) is 10.1. The molecule has 0 aliphatic carbocycles. The third kappa shape index (κ3) is 3.79. The van der Waals surface area contributed by atoms with Gasteiger partial charge in [-0.25, -0.2) is 4.79 Å². The highest BCUT2D eigenvalue weighted by atomic mass is 16.6. The lowest BCUT2D eigenvalue weighted by Gasteiger charge is -2.08. The van der Waals surface area contributed by atoms with E-state index in [1.54, 1.807) is 19.1 Å². The minimum atomic E-state index is -0.729. The molecule has 0 fully saturated rings. The Hall–Kier alpha value is -2.89. The van der Waals surface area contributed by atoms with E-state index in [0.717, 1.165) is 5.56 Å². The molecule has 0 heterocycles. The number of amides is 1. The standard InChI is InChI=1S/C15H14N2O4/c1-11-6-5-9-13(14(11)17(19)20)16-15(18)21-10-12-7-3-2-4-8-12/h2-9H,10H2,1H3,(H,16,18). The van der Waals surface area contributed by atoms with Gasteiger partial charge in [0.05, 0.1) is 4.92 Å². The van der Waals surface area contributed by atoms with Gasteiger partial charge in [-0.3, -0.25) is 15.4 Å². The summed E-state index contributed by atoms with van der Waals surface area (Å²) in [4.78, 5) is 22.2. The number of aryl methyl sites for hydroxylation is 1. The summed E-state index contributed by atoms with van der Waals surface area (Å²) in [6.07, 6.45) is -0.729. The van der Waals surface area contributed by atoms with Crippen LogP contribution in [0.15, 0.2) is 48.5 Å². The Kier molecular flexibility index (Phi) is 4.50. The Morgan fingerprint density at radius 1 is 1.19 bits per heavy atom. The van der Waals surface area contributed by atoms with Gasteiger partial charge in [0.25, 0.3) is 5.69 Å². The maximum Gasteiger partial charge on any atom is 0.412 e. The first kappa shape index (κ1) is 14.5. The quantitative estimate of drug-likeness (QED) is 0.687. The van der Waals surface area contributed by atoms with Gasteiger partial charge in [0, 0.05) is 5.56 Å². The lowest BCUT2D eigenvalue weighted by Crippen LogP contribution is -2.14. The number of rotatable bonds is 4. The number of carbonyl (C=O) groups is 1. The van der Waals surface area contributed by atoms with Crippen molar-refractivity contribution in [1.29, 1.82) is 0 Å². The van der Waals surface area contributed by atoms with Crippen LogP contribution in [0.3, 0.4) is 0 Å². The normalized spacial score (nSPS) is 9.95. The molecule has 0 unspecified atom stereocenters. The summed E-state index contributed by atoms with van der Waals surface area (Å²) in [6.45, 7) is 1.71. The van der Waals surface area contributed by atoms with E-state index in [4.69, 9.17) is 4.74 Å².